The van der Waals surface area contributed by atoms with Crippen molar-refractivity contribution in [3.05, 3.63) is 24.3 Å². The number of unbranched alkanes of at least 4 members (excludes halogenated alkanes) is 35. The molecule has 0 rings (SSSR count). The van der Waals surface area contributed by atoms with E-state index in [1.165, 1.54) is 199 Å². The molecule has 0 aliphatic rings. The van der Waals surface area contributed by atoms with Gasteiger partial charge in [-0.25, -0.2) is 0 Å². The van der Waals surface area contributed by atoms with E-state index in [-0.39, 0.29) is 24.9 Å². The molecule has 62 heavy (non-hydrogen) atoms. The molecule has 0 aromatic heterocycles. The Kier molecular flexibility index (Phi) is 49.0. The number of allylic oxidation sites excluding steroid dienone is 4. The molecule has 0 heterocycles. The molecule has 366 valence electrons. The summed E-state index contributed by atoms with van der Waals surface area (Å²) < 4.78 is 5.95. The molecule has 0 bridgehead atoms. The van der Waals surface area contributed by atoms with Crippen LogP contribution in [0.4, 0.5) is 0 Å². The first-order chi connectivity index (χ1) is 30.5. The first kappa shape index (κ1) is 60.3. The molecular formula is C56H107NO5. The molecule has 1 amide bonds. The smallest absolute Gasteiger partial charge is 0.306 e. The van der Waals surface area contributed by atoms with Crippen LogP contribution in [-0.4, -0.2) is 46.9 Å². The number of rotatable bonds is 50. The molecule has 3 N–H and O–H groups in total. The second-order valence-corrected chi connectivity index (χ2v) is 19.0. The fourth-order valence-electron chi connectivity index (χ4n) is 8.60. The van der Waals surface area contributed by atoms with E-state index < -0.39 is 18.2 Å². The summed E-state index contributed by atoms with van der Waals surface area (Å²) in [6.45, 7) is 6.48. The van der Waals surface area contributed by atoms with Crippen molar-refractivity contribution in [3.63, 3.8) is 0 Å². The van der Waals surface area contributed by atoms with E-state index in [0.717, 1.165) is 51.4 Å². The third-order valence-corrected chi connectivity index (χ3v) is 12.8. The van der Waals surface area contributed by atoms with Crippen LogP contribution in [0.1, 0.15) is 297 Å². The largest absolute Gasteiger partial charge is 0.462 e. The molecule has 0 aliphatic carbocycles. The lowest BCUT2D eigenvalue weighted by molar-refractivity contribution is -0.151. The molecule has 0 spiro atoms. The number of amides is 1. The topological polar surface area (TPSA) is 95.9 Å². The Bertz CT molecular complexity index is 981. The second kappa shape index (κ2) is 50.3. The van der Waals surface area contributed by atoms with Crippen LogP contribution in [0.15, 0.2) is 24.3 Å². The highest BCUT2D eigenvalue weighted by Gasteiger charge is 2.24. The second-order valence-electron chi connectivity index (χ2n) is 19.0. The van der Waals surface area contributed by atoms with Crippen LogP contribution in [0.5, 0.6) is 0 Å². The molecular weight excluding hydrogens is 767 g/mol. The van der Waals surface area contributed by atoms with Gasteiger partial charge in [-0.2, -0.15) is 0 Å². The lowest BCUT2D eigenvalue weighted by atomic mass is 10.0. The molecule has 0 aromatic carbocycles. The lowest BCUT2D eigenvalue weighted by Gasteiger charge is -2.24. The third kappa shape index (κ3) is 44.9. The van der Waals surface area contributed by atoms with Gasteiger partial charge < -0.3 is 20.3 Å². The van der Waals surface area contributed by atoms with Crippen molar-refractivity contribution in [1.82, 2.24) is 5.32 Å². The van der Waals surface area contributed by atoms with Crippen molar-refractivity contribution in [2.75, 3.05) is 6.61 Å². The van der Waals surface area contributed by atoms with Gasteiger partial charge in [-0.1, -0.05) is 257 Å². The Hall–Kier alpha value is -1.66. The average molecular weight is 874 g/mol. The van der Waals surface area contributed by atoms with Crippen LogP contribution >= 0.6 is 0 Å². The molecule has 0 fully saturated rings. The Balaban J connectivity index is 4.55. The monoisotopic (exact) mass is 874 g/mol. The van der Waals surface area contributed by atoms with Gasteiger partial charge in [-0.05, 0) is 51.4 Å². The standard InChI is InChI=1S/C56H107NO5/c1-4-7-10-13-16-19-22-25-27-30-32-35-38-41-44-47-52(62-56(61)49-46-43-40-37-34-31-28-26-23-20-17-14-11-8-5-2)50-55(60)57-53(51-58)54(59)48-45-42-39-36-33-29-24-21-18-15-12-9-6-3/h17,20,23,26,52-54,58-59H,4-16,18-19,21-22,24-25,27-51H2,1-3H3,(H,57,60)/b20-17+,26-23+. The third-order valence-electron chi connectivity index (χ3n) is 12.8. The van der Waals surface area contributed by atoms with E-state index in [1.807, 2.05) is 0 Å². The summed E-state index contributed by atoms with van der Waals surface area (Å²) in [4.78, 5) is 26.2. The quantitative estimate of drug-likeness (QED) is 0.0321. The minimum absolute atomic E-state index is 0.0788. The fraction of sp³-hybridized carbons (Fsp3) is 0.893. The number of carbonyl (C=O) groups is 2. The van der Waals surface area contributed by atoms with E-state index in [2.05, 4.69) is 50.4 Å². The van der Waals surface area contributed by atoms with E-state index in [4.69, 9.17) is 4.74 Å². The van der Waals surface area contributed by atoms with Crippen molar-refractivity contribution in [2.45, 2.75) is 315 Å². The summed E-state index contributed by atoms with van der Waals surface area (Å²) in [6.07, 6.45) is 58.0. The fourth-order valence-corrected chi connectivity index (χ4v) is 8.60. The number of hydrogen-bond acceptors (Lipinski definition) is 5. The minimum atomic E-state index is -0.785. The lowest BCUT2D eigenvalue weighted by Crippen LogP contribution is -2.46. The molecule has 6 nitrogen and oxygen atoms in total. The van der Waals surface area contributed by atoms with Gasteiger partial charge in [0.2, 0.25) is 5.91 Å². The van der Waals surface area contributed by atoms with Gasteiger partial charge in [0.25, 0.3) is 0 Å². The van der Waals surface area contributed by atoms with Crippen LogP contribution in [0.25, 0.3) is 0 Å². The maximum Gasteiger partial charge on any atom is 0.306 e. The normalized spacial score (nSPS) is 13.3. The van der Waals surface area contributed by atoms with Crippen LogP contribution in [0.2, 0.25) is 0 Å². The molecule has 3 unspecified atom stereocenters. The molecule has 0 saturated heterocycles. The summed E-state index contributed by atoms with van der Waals surface area (Å²) in [5.41, 5.74) is 0. The van der Waals surface area contributed by atoms with Crippen LogP contribution in [-0.2, 0) is 14.3 Å². The van der Waals surface area contributed by atoms with Crippen molar-refractivity contribution in [1.29, 1.82) is 0 Å². The van der Waals surface area contributed by atoms with E-state index in [0.29, 0.717) is 19.3 Å². The summed E-state index contributed by atoms with van der Waals surface area (Å²) >= 11 is 0. The Morgan fingerprint density at radius 3 is 1.23 bits per heavy atom. The number of esters is 1. The van der Waals surface area contributed by atoms with Gasteiger partial charge in [0.15, 0.2) is 0 Å². The highest BCUT2D eigenvalue weighted by atomic mass is 16.5. The minimum Gasteiger partial charge on any atom is -0.462 e. The van der Waals surface area contributed by atoms with Gasteiger partial charge >= 0.3 is 5.97 Å². The zero-order valence-corrected chi connectivity index (χ0v) is 41.8. The highest BCUT2D eigenvalue weighted by molar-refractivity contribution is 5.77. The van der Waals surface area contributed by atoms with E-state index >= 15 is 0 Å². The summed E-state index contributed by atoms with van der Waals surface area (Å²) in [6, 6.07) is -0.699. The van der Waals surface area contributed by atoms with Crippen LogP contribution in [0.3, 0.4) is 0 Å². The predicted octanol–water partition coefficient (Wildman–Crippen LogP) is 16.7. The number of aliphatic hydroxyl groups is 2. The molecule has 0 aliphatic heterocycles. The van der Waals surface area contributed by atoms with Crippen molar-refractivity contribution >= 4 is 11.9 Å². The first-order valence-electron chi connectivity index (χ1n) is 27.6. The number of carbonyl (C=O) groups excluding carboxylic acids is 2. The maximum absolute atomic E-state index is 13.2. The van der Waals surface area contributed by atoms with Gasteiger partial charge in [0.05, 0.1) is 25.2 Å². The number of aliphatic hydroxyl groups excluding tert-OH is 2. The van der Waals surface area contributed by atoms with Gasteiger partial charge in [0, 0.05) is 6.42 Å². The Morgan fingerprint density at radius 2 is 0.806 bits per heavy atom. The summed E-state index contributed by atoms with van der Waals surface area (Å²) in [5, 5.41) is 23.8. The highest BCUT2D eigenvalue weighted by Crippen LogP contribution is 2.19. The van der Waals surface area contributed by atoms with Crippen molar-refractivity contribution in [3.8, 4) is 0 Å². The Labute approximate surface area is 386 Å². The van der Waals surface area contributed by atoms with Gasteiger partial charge in [0.1, 0.15) is 6.10 Å². The molecule has 0 saturated carbocycles. The van der Waals surface area contributed by atoms with E-state index in [9.17, 15) is 19.8 Å². The zero-order valence-electron chi connectivity index (χ0n) is 41.8. The van der Waals surface area contributed by atoms with Crippen LogP contribution in [0, 0.1) is 0 Å². The van der Waals surface area contributed by atoms with E-state index in [1.54, 1.807) is 0 Å². The number of ether oxygens (including phenoxy) is 1. The number of hydrogen-bond donors (Lipinski definition) is 3. The molecule has 6 heteroatoms. The summed E-state index contributed by atoms with van der Waals surface area (Å²) in [5.74, 6) is -0.470. The first-order valence-corrected chi connectivity index (χ1v) is 27.6. The molecule has 0 aromatic rings. The SMILES string of the molecule is CCCCC/C=C/C=C/CCCCCCCCC(=O)OC(CCCCCCCCCCCCCCCCC)CC(=O)NC(CO)C(O)CCCCCCCCCCCCCCC. The average Bonchev–Trinajstić information content (AvgIpc) is 3.26. The molecule has 3 atom stereocenters. The Morgan fingerprint density at radius 1 is 0.468 bits per heavy atom. The zero-order chi connectivity index (χ0) is 45.2. The maximum atomic E-state index is 13.2. The molecule has 0 radical (unpaired) electrons. The van der Waals surface area contributed by atoms with Crippen molar-refractivity contribution in [2.24, 2.45) is 0 Å². The van der Waals surface area contributed by atoms with Crippen LogP contribution < -0.4 is 5.32 Å². The van der Waals surface area contributed by atoms with Gasteiger partial charge in [-0.3, -0.25) is 9.59 Å². The summed E-state index contributed by atoms with van der Waals surface area (Å²) in [7, 11) is 0. The van der Waals surface area contributed by atoms with Crippen molar-refractivity contribution < 1.29 is 24.5 Å². The number of nitrogens with one attached hydrogen (secondary N) is 1. The predicted molar refractivity (Wildman–Crippen MR) is 269 cm³/mol. The van der Waals surface area contributed by atoms with Gasteiger partial charge in [-0.15, -0.1) is 0 Å².